The highest BCUT2D eigenvalue weighted by atomic mass is 16.7. The lowest BCUT2D eigenvalue weighted by Crippen LogP contribution is -2.32. The standard InChI is InChI=1S/2C9H12N4O5/c2*10-12-11-4-6-17-5-3-9(16)18-13-7(14)1-2-8(13)15/h2*1-6H2. The molecule has 196 valence electrons. The van der Waals surface area contributed by atoms with Gasteiger partial charge in [-0.1, -0.05) is 10.2 Å². The summed E-state index contributed by atoms with van der Waals surface area (Å²) < 4.78 is 9.94. The van der Waals surface area contributed by atoms with Crippen LogP contribution in [0.5, 0.6) is 0 Å². The lowest BCUT2D eigenvalue weighted by Gasteiger charge is -2.12. The van der Waals surface area contributed by atoms with Crippen LogP contribution in [0.4, 0.5) is 0 Å². The summed E-state index contributed by atoms with van der Waals surface area (Å²) >= 11 is 0. The topological polar surface area (TPSA) is 243 Å². The van der Waals surface area contributed by atoms with Crippen molar-refractivity contribution in [3.05, 3.63) is 20.9 Å². The van der Waals surface area contributed by atoms with Crippen LogP contribution in [0.25, 0.3) is 20.9 Å². The zero-order valence-corrected chi connectivity index (χ0v) is 19.1. The fraction of sp³-hybridized carbons (Fsp3) is 0.667. The first-order valence-electron chi connectivity index (χ1n) is 10.6. The molecule has 0 aliphatic carbocycles. The summed E-state index contributed by atoms with van der Waals surface area (Å²) in [6, 6.07) is 0. The van der Waals surface area contributed by atoms with Gasteiger partial charge in [0.25, 0.3) is 23.6 Å². The van der Waals surface area contributed by atoms with Crippen molar-refractivity contribution in [3.63, 3.8) is 0 Å². The number of hydrogen-bond acceptors (Lipinski definition) is 12. The van der Waals surface area contributed by atoms with Crippen molar-refractivity contribution in [1.82, 2.24) is 10.1 Å². The van der Waals surface area contributed by atoms with Gasteiger partial charge >= 0.3 is 11.9 Å². The summed E-state index contributed by atoms with van der Waals surface area (Å²) in [7, 11) is 0. The van der Waals surface area contributed by atoms with Gasteiger partial charge in [-0.15, -0.1) is 10.1 Å². The van der Waals surface area contributed by atoms with E-state index in [4.69, 9.17) is 20.5 Å². The molecule has 2 rings (SSSR count). The molecule has 0 aromatic carbocycles. The molecule has 0 N–H and O–H groups in total. The van der Waals surface area contributed by atoms with E-state index in [1.165, 1.54) is 0 Å². The number of azide groups is 2. The normalized spacial score (nSPS) is 14.6. The van der Waals surface area contributed by atoms with E-state index < -0.39 is 35.6 Å². The smallest absolute Gasteiger partial charge is 0.335 e. The zero-order chi connectivity index (χ0) is 26.8. The van der Waals surface area contributed by atoms with Crippen molar-refractivity contribution in [2.24, 2.45) is 10.2 Å². The van der Waals surface area contributed by atoms with Gasteiger partial charge in [0.2, 0.25) is 0 Å². The molecule has 0 unspecified atom stereocenters. The van der Waals surface area contributed by atoms with Gasteiger partial charge < -0.3 is 19.1 Å². The molecule has 0 saturated carbocycles. The molecular weight excluding hydrogens is 488 g/mol. The Balaban J connectivity index is 0.000000360. The lowest BCUT2D eigenvalue weighted by atomic mass is 10.4. The van der Waals surface area contributed by atoms with E-state index in [1.54, 1.807) is 0 Å². The van der Waals surface area contributed by atoms with Gasteiger partial charge in [-0.3, -0.25) is 19.2 Å². The number of amides is 4. The Kier molecular flexibility index (Phi) is 14.3. The van der Waals surface area contributed by atoms with Crippen LogP contribution in [0, 0.1) is 0 Å². The second-order valence-electron chi connectivity index (χ2n) is 6.72. The van der Waals surface area contributed by atoms with Crippen LogP contribution in [0.15, 0.2) is 10.2 Å². The van der Waals surface area contributed by atoms with Crippen LogP contribution in [0.1, 0.15) is 38.5 Å². The number of hydroxylamine groups is 4. The summed E-state index contributed by atoms with van der Waals surface area (Å²) in [4.78, 5) is 81.2. The van der Waals surface area contributed by atoms with Gasteiger partial charge in [-0.05, 0) is 11.1 Å². The fourth-order valence-corrected chi connectivity index (χ4v) is 2.43. The Morgan fingerprint density at radius 2 is 1.00 bits per heavy atom. The Bertz CT molecular complexity index is 823. The molecule has 2 saturated heterocycles. The summed E-state index contributed by atoms with van der Waals surface area (Å²) in [6.45, 7) is 0.868. The molecule has 18 nitrogen and oxygen atoms in total. The van der Waals surface area contributed by atoms with Crippen LogP contribution < -0.4 is 0 Å². The quantitative estimate of drug-likeness (QED) is 0.103. The highest BCUT2D eigenvalue weighted by molar-refractivity contribution is 6.02. The third kappa shape index (κ3) is 11.8. The molecule has 36 heavy (non-hydrogen) atoms. The van der Waals surface area contributed by atoms with Crippen LogP contribution in [0.2, 0.25) is 0 Å². The van der Waals surface area contributed by atoms with Crippen LogP contribution in [-0.2, 0) is 47.9 Å². The molecule has 2 fully saturated rings. The first-order valence-corrected chi connectivity index (χ1v) is 10.6. The third-order valence-corrected chi connectivity index (χ3v) is 4.10. The first kappa shape index (κ1) is 29.8. The Morgan fingerprint density at radius 3 is 1.31 bits per heavy atom. The van der Waals surface area contributed by atoms with Crippen molar-refractivity contribution >= 4 is 35.6 Å². The molecule has 0 aromatic rings. The Morgan fingerprint density at radius 1 is 0.667 bits per heavy atom. The average Bonchev–Trinajstić information content (AvgIpc) is 3.34. The molecule has 2 aliphatic rings. The molecule has 0 spiro atoms. The second kappa shape index (κ2) is 17.2. The van der Waals surface area contributed by atoms with Crippen molar-refractivity contribution in [2.45, 2.75) is 38.5 Å². The van der Waals surface area contributed by atoms with Gasteiger partial charge in [0.15, 0.2) is 0 Å². The predicted octanol–water partition coefficient (Wildman–Crippen LogP) is 0.621. The third-order valence-electron chi connectivity index (χ3n) is 4.10. The SMILES string of the molecule is [N-]=[N+]=NCCOCCC(=O)ON1C(=O)CCC1=O.[N-]=[N+]=NCCOCCC(=O)ON1C(=O)CCC1=O. The number of carbonyl (C=O) groups excluding carboxylic acids is 6. The maximum Gasteiger partial charge on any atom is 0.335 e. The van der Waals surface area contributed by atoms with E-state index in [0.717, 1.165) is 0 Å². The molecule has 0 bridgehead atoms. The Hall–Kier alpha value is -4.24. The van der Waals surface area contributed by atoms with Crippen molar-refractivity contribution in [1.29, 1.82) is 0 Å². The largest absolute Gasteiger partial charge is 0.381 e. The Labute approximate surface area is 203 Å². The number of rotatable bonds is 14. The van der Waals surface area contributed by atoms with Crippen molar-refractivity contribution in [2.75, 3.05) is 39.5 Å². The van der Waals surface area contributed by atoms with Gasteiger partial charge in [0.05, 0.1) is 39.3 Å². The van der Waals surface area contributed by atoms with Crippen LogP contribution >= 0.6 is 0 Å². The van der Waals surface area contributed by atoms with E-state index in [9.17, 15) is 28.8 Å². The molecule has 2 aliphatic heterocycles. The summed E-state index contributed by atoms with van der Waals surface area (Å²) in [5.74, 6) is -3.50. The van der Waals surface area contributed by atoms with Gasteiger partial charge in [0, 0.05) is 48.6 Å². The van der Waals surface area contributed by atoms with Crippen molar-refractivity contribution < 1.29 is 47.9 Å². The predicted molar refractivity (Wildman–Crippen MR) is 113 cm³/mol. The zero-order valence-electron chi connectivity index (χ0n) is 19.1. The number of carbonyl (C=O) groups is 6. The molecule has 4 amide bonds. The van der Waals surface area contributed by atoms with Crippen LogP contribution in [-0.4, -0.2) is 85.2 Å². The van der Waals surface area contributed by atoms with E-state index >= 15 is 0 Å². The maximum atomic E-state index is 11.2. The van der Waals surface area contributed by atoms with E-state index in [2.05, 4.69) is 29.7 Å². The highest BCUT2D eigenvalue weighted by Crippen LogP contribution is 2.13. The molecule has 0 radical (unpaired) electrons. The highest BCUT2D eigenvalue weighted by Gasteiger charge is 2.33. The van der Waals surface area contributed by atoms with Gasteiger partial charge in [-0.25, -0.2) is 9.59 Å². The summed E-state index contributed by atoms with van der Waals surface area (Å²) in [5.41, 5.74) is 16.0. The fourth-order valence-electron chi connectivity index (χ4n) is 2.43. The van der Waals surface area contributed by atoms with Gasteiger partial charge in [0.1, 0.15) is 0 Å². The lowest BCUT2D eigenvalue weighted by molar-refractivity contribution is -0.198. The number of ether oxygens (including phenoxy) is 2. The molecule has 0 atom stereocenters. The van der Waals surface area contributed by atoms with Crippen molar-refractivity contribution in [3.8, 4) is 0 Å². The number of imide groups is 2. The molecular formula is C18H24N8O10. The summed E-state index contributed by atoms with van der Waals surface area (Å²) in [6.07, 6.45) is 0.0771. The minimum absolute atomic E-state index is 0.0643. The first-order chi connectivity index (χ1) is 17.3. The molecule has 18 heteroatoms. The number of hydrogen-bond donors (Lipinski definition) is 0. The van der Waals surface area contributed by atoms with E-state index in [-0.39, 0.29) is 78.0 Å². The monoisotopic (exact) mass is 512 g/mol. The van der Waals surface area contributed by atoms with Crippen LogP contribution in [0.3, 0.4) is 0 Å². The number of nitrogens with zero attached hydrogens (tertiary/aromatic N) is 8. The average molecular weight is 512 g/mol. The second-order valence-corrected chi connectivity index (χ2v) is 6.72. The minimum Gasteiger partial charge on any atom is -0.381 e. The van der Waals surface area contributed by atoms with E-state index in [0.29, 0.717) is 10.1 Å². The summed E-state index contributed by atoms with van der Waals surface area (Å²) in [5, 5.41) is 7.44. The molecule has 2 heterocycles. The minimum atomic E-state index is -0.720. The van der Waals surface area contributed by atoms with Gasteiger partial charge in [-0.2, -0.15) is 0 Å². The molecule has 0 aromatic heterocycles. The van der Waals surface area contributed by atoms with E-state index in [1.807, 2.05) is 0 Å². The maximum absolute atomic E-state index is 11.2.